The second kappa shape index (κ2) is 5.81. The number of aliphatic hydroxyl groups excluding tert-OH is 1. The van der Waals surface area contributed by atoms with Gasteiger partial charge in [0.05, 0.1) is 13.2 Å². The van der Waals surface area contributed by atoms with E-state index in [0.717, 1.165) is 12.8 Å². The molecule has 0 amide bonds. The van der Waals surface area contributed by atoms with Gasteiger partial charge in [0.25, 0.3) is 0 Å². The zero-order chi connectivity index (χ0) is 13.9. The Balaban J connectivity index is 1.68. The van der Waals surface area contributed by atoms with Crippen LogP contribution >= 0.6 is 0 Å². The number of hydrogen-bond donors (Lipinski definition) is 1. The Labute approximate surface area is 118 Å². The third-order valence-corrected chi connectivity index (χ3v) is 4.02. The van der Waals surface area contributed by atoms with Crippen molar-refractivity contribution in [2.75, 3.05) is 26.5 Å². The summed E-state index contributed by atoms with van der Waals surface area (Å²) in [5, 5.41) is 9.13. The van der Waals surface area contributed by atoms with Crippen LogP contribution in [-0.4, -0.2) is 48.3 Å². The number of ether oxygens (including phenoxy) is 2. The highest BCUT2D eigenvalue weighted by Gasteiger charge is 2.26. The van der Waals surface area contributed by atoms with Crippen molar-refractivity contribution >= 4 is 5.78 Å². The summed E-state index contributed by atoms with van der Waals surface area (Å²) in [6.45, 7) is 1.21. The highest BCUT2D eigenvalue weighted by atomic mass is 16.7. The van der Waals surface area contributed by atoms with Gasteiger partial charge >= 0.3 is 0 Å². The number of Topliss-reactive ketones (excluding diaryl/α,β-unsaturated/α-hetero) is 1. The molecule has 0 bridgehead atoms. The Morgan fingerprint density at radius 3 is 2.80 bits per heavy atom. The molecule has 1 N–H and O–H groups in total. The second-order valence-corrected chi connectivity index (χ2v) is 5.27. The van der Waals surface area contributed by atoms with Gasteiger partial charge in [-0.1, -0.05) is 6.42 Å². The molecule has 1 aromatic carbocycles. The van der Waals surface area contributed by atoms with E-state index in [1.807, 2.05) is 0 Å². The Hall–Kier alpha value is -1.59. The van der Waals surface area contributed by atoms with Crippen molar-refractivity contribution in [1.82, 2.24) is 4.90 Å². The largest absolute Gasteiger partial charge is 0.454 e. The lowest BCUT2D eigenvalue weighted by Crippen LogP contribution is -2.44. The van der Waals surface area contributed by atoms with Gasteiger partial charge in [-0.3, -0.25) is 9.69 Å². The number of nitrogens with zero attached hydrogens (tertiary/aromatic N) is 1. The van der Waals surface area contributed by atoms with Crippen molar-refractivity contribution in [3.63, 3.8) is 0 Å². The van der Waals surface area contributed by atoms with Crippen LogP contribution in [0.3, 0.4) is 0 Å². The quantitative estimate of drug-likeness (QED) is 0.797. The zero-order valence-electron chi connectivity index (χ0n) is 11.4. The van der Waals surface area contributed by atoms with Crippen molar-refractivity contribution in [2.45, 2.75) is 25.3 Å². The first kappa shape index (κ1) is 13.4. The van der Waals surface area contributed by atoms with E-state index < -0.39 is 0 Å². The van der Waals surface area contributed by atoms with Crippen LogP contribution in [0.5, 0.6) is 11.5 Å². The second-order valence-electron chi connectivity index (χ2n) is 5.27. The monoisotopic (exact) mass is 277 g/mol. The van der Waals surface area contributed by atoms with Crippen molar-refractivity contribution in [1.29, 1.82) is 0 Å². The van der Waals surface area contributed by atoms with Crippen LogP contribution < -0.4 is 9.47 Å². The fourth-order valence-corrected chi connectivity index (χ4v) is 2.62. The summed E-state index contributed by atoms with van der Waals surface area (Å²) in [6.07, 6.45) is 3.45. The minimum absolute atomic E-state index is 0.0589. The van der Waals surface area contributed by atoms with E-state index in [0.29, 0.717) is 36.2 Å². The Bertz CT molecular complexity index is 499. The zero-order valence-corrected chi connectivity index (χ0v) is 11.4. The van der Waals surface area contributed by atoms with Crippen LogP contribution in [0.1, 0.15) is 29.6 Å². The minimum atomic E-state index is 0.0589. The number of rotatable bonds is 6. The van der Waals surface area contributed by atoms with E-state index in [1.54, 1.807) is 18.2 Å². The topological polar surface area (TPSA) is 59.0 Å². The van der Waals surface area contributed by atoms with Gasteiger partial charge in [-0.2, -0.15) is 0 Å². The number of carbonyl (C=O) groups excluding carboxylic acids is 1. The van der Waals surface area contributed by atoms with Crippen molar-refractivity contribution < 1.29 is 19.4 Å². The molecule has 1 saturated carbocycles. The van der Waals surface area contributed by atoms with Gasteiger partial charge in [0.1, 0.15) is 0 Å². The summed E-state index contributed by atoms with van der Waals surface area (Å²) in [4.78, 5) is 14.4. The predicted molar refractivity (Wildman–Crippen MR) is 73.2 cm³/mol. The fraction of sp³-hybridized carbons (Fsp3) is 0.533. The SMILES string of the molecule is O=C(CN(CCO)C1CCC1)c1ccc2c(c1)OCO2. The Kier molecular flexibility index (Phi) is 3.89. The lowest BCUT2D eigenvalue weighted by molar-refractivity contribution is 0.0747. The Morgan fingerprint density at radius 2 is 2.10 bits per heavy atom. The molecule has 2 aliphatic rings. The minimum Gasteiger partial charge on any atom is -0.454 e. The van der Waals surface area contributed by atoms with E-state index in [1.165, 1.54) is 6.42 Å². The molecule has 0 aromatic heterocycles. The van der Waals surface area contributed by atoms with Crippen LogP contribution in [0.2, 0.25) is 0 Å². The fourth-order valence-electron chi connectivity index (χ4n) is 2.62. The maximum absolute atomic E-state index is 12.4. The van der Waals surface area contributed by atoms with Gasteiger partial charge in [-0.25, -0.2) is 0 Å². The van der Waals surface area contributed by atoms with Gasteiger partial charge in [-0.05, 0) is 31.0 Å². The number of hydrogen-bond acceptors (Lipinski definition) is 5. The molecule has 1 fully saturated rings. The van der Waals surface area contributed by atoms with Crippen molar-refractivity contribution in [3.05, 3.63) is 23.8 Å². The highest BCUT2D eigenvalue weighted by molar-refractivity contribution is 5.98. The van der Waals surface area contributed by atoms with Crippen LogP contribution in [0, 0.1) is 0 Å². The molecule has 0 unspecified atom stereocenters. The lowest BCUT2D eigenvalue weighted by atomic mass is 9.91. The first-order valence-corrected chi connectivity index (χ1v) is 7.05. The third kappa shape index (κ3) is 2.64. The summed E-state index contributed by atoms with van der Waals surface area (Å²) in [5.74, 6) is 1.38. The van der Waals surface area contributed by atoms with Gasteiger partial charge in [0.15, 0.2) is 17.3 Å². The number of fused-ring (bicyclic) bond motifs is 1. The molecule has 1 aliphatic carbocycles. The van der Waals surface area contributed by atoms with Crippen LogP contribution in [0.15, 0.2) is 18.2 Å². The maximum atomic E-state index is 12.4. The molecule has 20 heavy (non-hydrogen) atoms. The first-order chi connectivity index (χ1) is 9.78. The normalized spacial score (nSPS) is 17.3. The van der Waals surface area contributed by atoms with E-state index in [9.17, 15) is 4.79 Å². The number of benzene rings is 1. The maximum Gasteiger partial charge on any atom is 0.231 e. The number of ketones is 1. The summed E-state index contributed by atoms with van der Waals surface area (Å²) in [7, 11) is 0. The molecule has 1 aromatic rings. The van der Waals surface area contributed by atoms with Gasteiger partial charge in [-0.15, -0.1) is 0 Å². The average Bonchev–Trinajstić information content (AvgIpc) is 2.83. The van der Waals surface area contributed by atoms with Gasteiger partial charge in [0, 0.05) is 18.2 Å². The van der Waals surface area contributed by atoms with Crippen molar-refractivity contribution in [2.24, 2.45) is 0 Å². The first-order valence-electron chi connectivity index (χ1n) is 7.05. The third-order valence-electron chi connectivity index (χ3n) is 4.02. The number of aliphatic hydroxyl groups is 1. The van der Waals surface area contributed by atoms with Crippen LogP contribution in [0.4, 0.5) is 0 Å². The molecule has 1 heterocycles. The molecular weight excluding hydrogens is 258 g/mol. The van der Waals surface area contributed by atoms with Crippen LogP contribution in [0.25, 0.3) is 0 Å². The van der Waals surface area contributed by atoms with E-state index in [2.05, 4.69) is 4.90 Å². The summed E-state index contributed by atoms with van der Waals surface area (Å²) < 4.78 is 10.5. The Morgan fingerprint density at radius 1 is 1.30 bits per heavy atom. The standard InChI is InChI=1S/C15H19NO4/c17-7-6-16(12-2-1-3-12)9-13(18)11-4-5-14-15(8-11)20-10-19-14/h4-5,8,12,17H,1-3,6-7,9-10H2. The highest BCUT2D eigenvalue weighted by Crippen LogP contribution is 2.33. The van der Waals surface area contributed by atoms with E-state index in [-0.39, 0.29) is 19.2 Å². The van der Waals surface area contributed by atoms with Crippen LogP contribution in [-0.2, 0) is 0 Å². The predicted octanol–water partition coefficient (Wildman–Crippen LogP) is 1.44. The number of carbonyl (C=O) groups is 1. The molecule has 0 spiro atoms. The molecule has 0 atom stereocenters. The smallest absolute Gasteiger partial charge is 0.231 e. The molecular formula is C15H19NO4. The summed E-state index contributed by atoms with van der Waals surface area (Å²) >= 11 is 0. The molecule has 0 saturated heterocycles. The van der Waals surface area contributed by atoms with Crippen molar-refractivity contribution in [3.8, 4) is 11.5 Å². The van der Waals surface area contributed by atoms with Gasteiger partial charge < -0.3 is 14.6 Å². The molecule has 0 radical (unpaired) electrons. The average molecular weight is 277 g/mol. The lowest BCUT2D eigenvalue weighted by Gasteiger charge is -2.36. The van der Waals surface area contributed by atoms with E-state index >= 15 is 0 Å². The summed E-state index contributed by atoms with van der Waals surface area (Å²) in [6, 6.07) is 5.73. The molecule has 5 heteroatoms. The van der Waals surface area contributed by atoms with E-state index in [4.69, 9.17) is 14.6 Å². The summed E-state index contributed by atoms with van der Waals surface area (Å²) in [5.41, 5.74) is 0.636. The molecule has 1 aliphatic heterocycles. The molecule has 3 rings (SSSR count). The molecule has 108 valence electrons. The molecule has 5 nitrogen and oxygen atoms in total. The van der Waals surface area contributed by atoms with Gasteiger partial charge in [0.2, 0.25) is 6.79 Å².